The van der Waals surface area contributed by atoms with E-state index in [0.29, 0.717) is 6.04 Å². The Labute approximate surface area is 95.6 Å². The van der Waals surface area contributed by atoms with Crippen LogP contribution in [0, 0.1) is 5.92 Å². The molecular formula is C11H19N5. The Morgan fingerprint density at radius 3 is 2.81 bits per heavy atom. The van der Waals surface area contributed by atoms with Crippen molar-refractivity contribution in [2.45, 2.75) is 51.1 Å². The van der Waals surface area contributed by atoms with Gasteiger partial charge in [0.1, 0.15) is 0 Å². The third-order valence-corrected chi connectivity index (χ3v) is 3.74. The van der Waals surface area contributed by atoms with Gasteiger partial charge in [0.15, 0.2) is 5.82 Å². The number of nitrogens with zero attached hydrogens (tertiary/aromatic N) is 4. The van der Waals surface area contributed by atoms with Gasteiger partial charge >= 0.3 is 0 Å². The van der Waals surface area contributed by atoms with Gasteiger partial charge in [-0.15, -0.1) is 10.2 Å². The average Bonchev–Trinajstić information content (AvgIpc) is 2.99. The molecule has 88 valence electrons. The number of tetrazole rings is 1. The molecule has 0 spiro atoms. The average molecular weight is 221 g/mol. The van der Waals surface area contributed by atoms with Gasteiger partial charge in [0.2, 0.25) is 0 Å². The van der Waals surface area contributed by atoms with Crippen LogP contribution in [0.15, 0.2) is 0 Å². The lowest BCUT2D eigenvalue weighted by atomic mass is 10.1. The fourth-order valence-corrected chi connectivity index (χ4v) is 2.80. The Morgan fingerprint density at radius 2 is 2.06 bits per heavy atom. The van der Waals surface area contributed by atoms with E-state index in [2.05, 4.69) is 20.7 Å². The fourth-order valence-electron chi connectivity index (χ4n) is 2.80. The Morgan fingerprint density at radius 1 is 1.19 bits per heavy atom. The van der Waals surface area contributed by atoms with E-state index in [1.165, 1.54) is 32.1 Å². The number of hydrogen-bond acceptors (Lipinski definition) is 4. The van der Waals surface area contributed by atoms with Crippen molar-refractivity contribution in [1.82, 2.24) is 25.5 Å². The van der Waals surface area contributed by atoms with Crippen LogP contribution in [0.5, 0.6) is 0 Å². The molecule has 1 aromatic heterocycles. The highest BCUT2D eigenvalue weighted by Crippen LogP contribution is 2.26. The maximum Gasteiger partial charge on any atom is 0.191 e. The van der Waals surface area contributed by atoms with E-state index in [1.54, 1.807) is 4.80 Å². The first-order valence-corrected chi connectivity index (χ1v) is 6.43. The van der Waals surface area contributed by atoms with Crippen LogP contribution in [0.3, 0.4) is 0 Å². The molecule has 0 aromatic carbocycles. The number of rotatable bonds is 3. The Hall–Kier alpha value is -0.970. The van der Waals surface area contributed by atoms with Crippen LogP contribution in [0.1, 0.15) is 50.4 Å². The SMILES string of the molecule is C1CCC(Cn2nnc(C3CCCN3)n2)C1. The van der Waals surface area contributed by atoms with Gasteiger partial charge < -0.3 is 5.32 Å². The van der Waals surface area contributed by atoms with Gasteiger partial charge in [-0.25, -0.2) is 0 Å². The minimum Gasteiger partial charge on any atom is -0.307 e. The summed E-state index contributed by atoms with van der Waals surface area (Å²) in [4.78, 5) is 1.80. The highest BCUT2D eigenvalue weighted by molar-refractivity contribution is 4.92. The minimum absolute atomic E-state index is 0.345. The van der Waals surface area contributed by atoms with E-state index in [1.807, 2.05) is 0 Å². The first-order valence-electron chi connectivity index (χ1n) is 6.43. The Kier molecular flexibility index (Phi) is 2.86. The van der Waals surface area contributed by atoms with Crippen molar-refractivity contribution in [2.24, 2.45) is 5.92 Å². The first kappa shape index (κ1) is 10.2. The topological polar surface area (TPSA) is 55.6 Å². The highest BCUT2D eigenvalue weighted by Gasteiger charge is 2.22. The van der Waals surface area contributed by atoms with Gasteiger partial charge in [0.25, 0.3) is 0 Å². The van der Waals surface area contributed by atoms with E-state index in [-0.39, 0.29) is 0 Å². The van der Waals surface area contributed by atoms with Crippen molar-refractivity contribution >= 4 is 0 Å². The fraction of sp³-hybridized carbons (Fsp3) is 0.909. The molecule has 1 N–H and O–H groups in total. The van der Waals surface area contributed by atoms with Crippen molar-refractivity contribution in [3.63, 3.8) is 0 Å². The molecule has 3 rings (SSSR count). The molecule has 1 aromatic rings. The second-order valence-corrected chi connectivity index (χ2v) is 5.00. The monoisotopic (exact) mass is 221 g/mol. The van der Waals surface area contributed by atoms with E-state index in [9.17, 15) is 0 Å². The van der Waals surface area contributed by atoms with Crippen molar-refractivity contribution in [3.8, 4) is 0 Å². The van der Waals surface area contributed by atoms with E-state index in [4.69, 9.17) is 0 Å². The van der Waals surface area contributed by atoms with E-state index in [0.717, 1.165) is 31.3 Å². The molecule has 1 saturated heterocycles. The van der Waals surface area contributed by atoms with Gasteiger partial charge in [-0.3, -0.25) is 0 Å². The predicted molar refractivity (Wildman–Crippen MR) is 59.8 cm³/mol. The number of nitrogens with one attached hydrogen (secondary N) is 1. The van der Waals surface area contributed by atoms with Gasteiger partial charge in [-0.05, 0) is 43.4 Å². The van der Waals surface area contributed by atoms with Gasteiger partial charge in [0, 0.05) is 0 Å². The van der Waals surface area contributed by atoms with Gasteiger partial charge in [-0.2, -0.15) is 4.80 Å². The molecule has 0 radical (unpaired) electrons. The molecule has 5 heteroatoms. The van der Waals surface area contributed by atoms with Crippen LogP contribution >= 0.6 is 0 Å². The molecule has 0 bridgehead atoms. The smallest absolute Gasteiger partial charge is 0.191 e. The molecule has 1 saturated carbocycles. The van der Waals surface area contributed by atoms with E-state index < -0.39 is 0 Å². The summed E-state index contributed by atoms with van der Waals surface area (Å²) in [5.41, 5.74) is 0. The molecule has 1 aliphatic carbocycles. The highest BCUT2D eigenvalue weighted by atomic mass is 15.6. The molecular weight excluding hydrogens is 202 g/mol. The molecule has 16 heavy (non-hydrogen) atoms. The lowest BCUT2D eigenvalue weighted by molar-refractivity contribution is 0.387. The normalized spacial score (nSPS) is 26.6. The molecule has 2 aliphatic rings. The summed E-state index contributed by atoms with van der Waals surface area (Å²) in [6.45, 7) is 2.04. The largest absolute Gasteiger partial charge is 0.307 e. The molecule has 5 nitrogen and oxygen atoms in total. The summed E-state index contributed by atoms with van der Waals surface area (Å²) in [5, 5.41) is 16.2. The van der Waals surface area contributed by atoms with Crippen LogP contribution in [-0.4, -0.2) is 26.8 Å². The zero-order chi connectivity index (χ0) is 10.8. The molecule has 0 amide bonds. The first-order chi connectivity index (χ1) is 7.92. The van der Waals surface area contributed by atoms with Crippen LogP contribution in [0.4, 0.5) is 0 Å². The third kappa shape index (κ3) is 2.09. The van der Waals surface area contributed by atoms with Crippen LogP contribution < -0.4 is 5.32 Å². The standard InChI is InChI=1S/C11H19N5/c1-2-5-9(4-1)8-16-14-11(13-15-16)10-6-3-7-12-10/h9-10,12H,1-8H2. The van der Waals surface area contributed by atoms with E-state index >= 15 is 0 Å². The van der Waals surface area contributed by atoms with Crippen molar-refractivity contribution in [1.29, 1.82) is 0 Å². The summed E-state index contributed by atoms with van der Waals surface area (Å²) in [6, 6.07) is 0.345. The van der Waals surface area contributed by atoms with Crippen molar-refractivity contribution in [3.05, 3.63) is 5.82 Å². The molecule has 1 unspecified atom stereocenters. The number of aromatic nitrogens is 4. The summed E-state index contributed by atoms with van der Waals surface area (Å²) in [7, 11) is 0. The zero-order valence-corrected chi connectivity index (χ0v) is 9.60. The Balaban J connectivity index is 1.62. The summed E-state index contributed by atoms with van der Waals surface area (Å²) >= 11 is 0. The lowest BCUT2D eigenvalue weighted by Gasteiger charge is -2.06. The van der Waals surface area contributed by atoms with Crippen molar-refractivity contribution in [2.75, 3.05) is 6.54 Å². The maximum atomic E-state index is 4.49. The summed E-state index contributed by atoms with van der Waals surface area (Å²) < 4.78 is 0. The Bertz CT molecular complexity index is 336. The molecule has 1 aliphatic heterocycles. The molecule has 1 atom stereocenters. The van der Waals surface area contributed by atoms with Crippen LogP contribution in [0.2, 0.25) is 0 Å². The van der Waals surface area contributed by atoms with Crippen LogP contribution in [0.25, 0.3) is 0 Å². The lowest BCUT2D eigenvalue weighted by Crippen LogP contribution is -2.15. The second kappa shape index (κ2) is 4.49. The third-order valence-electron chi connectivity index (χ3n) is 3.74. The zero-order valence-electron chi connectivity index (χ0n) is 9.60. The second-order valence-electron chi connectivity index (χ2n) is 5.00. The molecule has 2 heterocycles. The molecule has 2 fully saturated rings. The van der Waals surface area contributed by atoms with Gasteiger partial charge in [0.05, 0.1) is 12.6 Å². The predicted octanol–water partition coefficient (Wildman–Crippen LogP) is 1.29. The maximum absolute atomic E-state index is 4.49. The van der Waals surface area contributed by atoms with Crippen LogP contribution in [-0.2, 0) is 6.54 Å². The number of hydrogen-bond donors (Lipinski definition) is 1. The summed E-state index contributed by atoms with van der Waals surface area (Å²) in [5.74, 6) is 1.66. The quantitative estimate of drug-likeness (QED) is 0.835. The minimum atomic E-state index is 0.345. The van der Waals surface area contributed by atoms with Gasteiger partial charge in [-0.1, -0.05) is 12.8 Å². The van der Waals surface area contributed by atoms with Crippen molar-refractivity contribution < 1.29 is 0 Å². The summed E-state index contributed by atoms with van der Waals surface area (Å²) in [6.07, 6.45) is 7.78.